The maximum Gasteiger partial charge on any atom is 0.135 e. The van der Waals surface area contributed by atoms with Crippen molar-refractivity contribution in [1.29, 1.82) is 0 Å². The third kappa shape index (κ3) is 0.994. The van der Waals surface area contributed by atoms with Crippen LogP contribution in [0.3, 0.4) is 0 Å². The van der Waals surface area contributed by atoms with Crippen LogP contribution in [0.4, 0.5) is 0 Å². The Labute approximate surface area is 42.1 Å². The number of rotatable bonds is 0. The van der Waals surface area contributed by atoms with E-state index in [9.17, 15) is 0 Å². The molecule has 0 fully saturated rings. The van der Waals surface area contributed by atoms with Gasteiger partial charge < -0.3 is 5.43 Å². The van der Waals surface area contributed by atoms with Crippen molar-refractivity contribution in [2.75, 3.05) is 6.54 Å². The van der Waals surface area contributed by atoms with Gasteiger partial charge in [-0.2, -0.15) is 5.10 Å². The number of aliphatic imine (C=N–C) groups is 1. The molecule has 0 saturated heterocycles. The Morgan fingerprint density at radius 1 is 1.86 bits per heavy atom. The molecule has 7 heavy (non-hydrogen) atoms. The minimum atomic E-state index is 0.788. The minimum Gasteiger partial charge on any atom is -0.303 e. The fraction of sp³-hybridized carbons (Fsp3) is 0.500. The second kappa shape index (κ2) is 1.73. The van der Waals surface area contributed by atoms with Crippen LogP contribution in [0.15, 0.2) is 10.1 Å². The van der Waals surface area contributed by atoms with Crippen LogP contribution in [0.5, 0.6) is 0 Å². The van der Waals surface area contributed by atoms with Gasteiger partial charge in [0, 0.05) is 5.71 Å². The number of nitrogens with one attached hydrogen (secondary N) is 1. The lowest BCUT2D eigenvalue weighted by Crippen LogP contribution is -2.18. The largest absolute Gasteiger partial charge is 0.303 e. The van der Waals surface area contributed by atoms with Gasteiger partial charge in [-0.1, -0.05) is 0 Å². The second-order valence-corrected chi connectivity index (χ2v) is 1.44. The Kier molecular flexibility index (Phi) is 1.06. The number of nitrogens with zero attached hydrogens (tertiary/aromatic N) is 2. The molecule has 0 radical (unpaired) electrons. The lowest BCUT2D eigenvalue weighted by Gasteiger charge is -2.00. The molecule has 1 rings (SSSR count). The van der Waals surface area contributed by atoms with Gasteiger partial charge in [0.1, 0.15) is 6.34 Å². The molecular formula is C4H7N3. The van der Waals surface area contributed by atoms with Gasteiger partial charge in [-0.15, -0.1) is 0 Å². The van der Waals surface area contributed by atoms with Gasteiger partial charge in [0.25, 0.3) is 0 Å². The van der Waals surface area contributed by atoms with E-state index in [1.54, 1.807) is 0 Å². The van der Waals surface area contributed by atoms with Crippen molar-refractivity contribution < 1.29 is 0 Å². The first-order valence-electron chi connectivity index (χ1n) is 2.17. The van der Waals surface area contributed by atoms with Crippen LogP contribution in [-0.2, 0) is 0 Å². The number of hydrogen-bond acceptors (Lipinski definition) is 3. The molecule has 0 aromatic carbocycles. The zero-order valence-corrected chi connectivity index (χ0v) is 4.18. The standard InChI is InChI=1S/C4H7N3/c1-4-2-6-7-3-5-4/h3,6H,2H2,1H3. The van der Waals surface area contributed by atoms with Gasteiger partial charge in [-0.3, -0.25) is 0 Å². The Morgan fingerprint density at radius 2 is 2.71 bits per heavy atom. The monoisotopic (exact) mass is 97.1 g/mol. The van der Waals surface area contributed by atoms with Gasteiger partial charge in [-0.25, -0.2) is 4.99 Å². The Balaban J connectivity index is 2.57. The van der Waals surface area contributed by atoms with Crippen molar-refractivity contribution in [3.63, 3.8) is 0 Å². The summed E-state index contributed by atoms with van der Waals surface area (Å²) in [5.41, 5.74) is 3.85. The molecule has 3 nitrogen and oxygen atoms in total. The number of hydrazone groups is 1. The predicted octanol–water partition coefficient (Wildman–Crippen LogP) is -0.00620. The van der Waals surface area contributed by atoms with E-state index in [0.29, 0.717) is 0 Å². The van der Waals surface area contributed by atoms with Crippen molar-refractivity contribution in [2.45, 2.75) is 6.92 Å². The average molecular weight is 97.1 g/mol. The Hall–Kier alpha value is -0.860. The molecule has 1 aliphatic heterocycles. The van der Waals surface area contributed by atoms with Crippen LogP contribution in [0.25, 0.3) is 0 Å². The van der Waals surface area contributed by atoms with E-state index in [4.69, 9.17) is 0 Å². The topological polar surface area (TPSA) is 36.8 Å². The molecule has 0 atom stereocenters. The fourth-order valence-electron chi connectivity index (χ4n) is 0.374. The molecule has 1 heterocycles. The highest BCUT2D eigenvalue weighted by atomic mass is 15.3. The highest BCUT2D eigenvalue weighted by Gasteiger charge is 1.89. The van der Waals surface area contributed by atoms with E-state index in [0.717, 1.165) is 12.3 Å². The molecule has 0 unspecified atom stereocenters. The van der Waals surface area contributed by atoms with Crippen molar-refractivity contribution in [2.24, 2.45) is 10.1 Å². The summed E-state index contributed by atoms with van der Waals surface area (Å²) in [6, 6.07) is 0. The quantitative estimate of drug-likeness (QED) is 0.453. The average Bonchev–Trinajstić information content (AvgIpc) is 1.69. The molecule has 0 bridgehead atoms. The van der Waals surface area contributed by atoms with Crippen molar-refractivity contribution in [3.05, 3.63) is 0 Å². The van der Waals surface area contributed by atoms with Crippen LogP contribution in [0.1, 0.15) is 6.92 Å². The normalized spacial score (nSPS) is 18.1. The van der Waals surface area contributed by atoms with E-state index < -0.39 is 0 Å². The summed E-state index contributed by atoms with van der Waals surface area (Å²) < 4.78 is 0. The summed E-state index contributed by atoms with van der Waals surface area (Å²) in [6.45, 7) is 2.74. The van der Waals surface area contributed by atoms with Crippen LogP contribution in [-0.4, -0.2) is 18.6 Å². The number of hydrogen-bond donors (Lipinski definition) is 1. The maximum absolute atomic E-state index is 3.89. The summed E-state index contributed by atoms with van der Waals surface area (Å²) in [5.74, 6) is 0. The summed E-state index contributed by atoms with van der Waals surface area (Å²) in [7, 11) is 0. The zero-order chi connectivity index (χ0) is 5.11. The Bertz CT molecular complexity index is 114. The van der Waals surface area contributed by atoms with Crippen LogP contribution in [0, 0.1) is 0 Å². The molecule has 38 valence electrons. The molecular weight excluding hydrogens is 90.1 g/mol. The highest BCUT2D eigenvalue weighted by Crippen LogP contribution is 1.77. The summed E-state index contributed by atoms with van der Waals surface area (Å²) in [4.78, 5) is 3.89. The molecule has 0 aromatic heterocycles. The van der Waals surface area contributed by atoms with E-state index in [-0.39, 0.29) is 0 Å². The Morgan fingerprint density at radius 3 is 3.00 bits per heavy atom. The lowest BCUT2D eigenvalue weighted by molar-refractivity contribution is 0.836. The fourth-order valence-corrected chi connectivity index (χ4v) is 0.374. The molecule has 0 amide bonds. The van der Waals surface area contributed by atoms with Crippen molar-refractivity contribution in [1.82, 2.24) is 5.43 Å². The van der Waals surface area contributed by atoms with E-state index in [2.05, 4.69) is 15.5 Å². The SMILES string of the molecule is CC1=NC=NNC1. The van der Waals surface area contributed by atoms with E-state index in [1.807, 2.05) is 6.92 Å². The molecule has 3 heteroatoms. The lowest BCUT2D eigenvalue weighted by atomic mass is 10.4. The molecule has 0 aromatic rings. The molecule has 0 saturated carbocycles. The van der Waals surface area contributed by atoms with Gasteiger partial charge in [0.15, 0.2) is 0 Å². The van der Waals surface area contributed by atoms with Gasteiger partial charge >= 0.3 is 0 Å². The first-order valence-corrected chi connectivity index (χ1v) is 2.17. The van der Waals surface area contributed by atoms with Gasteiger partial charge in [0.2, 0.25) is 0 Å². The van der Waals surface area contributed by atoms with E-state index in [1.165, 1.54) is 6.34 Å². The smallest absolute Gasteiger partial charge is 0.135 e. The van der Waals surface area contributed by atoms with Gasteiger partial charge in [-0.05, 0) is 6.92 Å². The molecule has 1 aliphatic rings. The maximum atomic E-state index is 3.89. The summed E-state index contributed by atoms with van der Waals surface area (Å²) in [5, 5.41) is 3.66. The third-order valence-electron chi connectivity index (χ3n) is 0.762. The van der Waals surface area contributed by atoms with E-state index >= 15 is 0 Å². The zero-order valence-electron chi connectivity index (χ0n) is 4.18. The highest BCUT2D eigenvalue weighted by molar-refractivity contribution is 5.91. The molecule has 1 N–H and O–H groups in total. The van der Waals surface area contributed by atoms with Crippen molar-refractivity contribution >= 4 is 12.1 Å². The summed E-state index contributed by atoms with van der Waals surface area (Å²) >= 11 is 0. The second-order valence-electron chi connectivity index (χ2n) is 1.44. The van der Waals surface area contributed by atoms with Crippen LogP contribution in [0.2, 0.25) is 0 Å². The predicted molar refractivity (Wildman–Crippen MR) is 29.6 cm³/mol. The first-order chi connectivity index (χ1) is 3.39. The van der Waals surface area contributed by atoms with Crippen molar-refractivity contribution in [3.8, 4) is 0 Å². The summed E-state index contributed by atoms with van der Waals surface area (Å²) in [6.07, 6.45) is 1.51. The van der Waals surface area contributed by atoms with Crippen LogP contribution >= 0.6 is 0 Å². The third-order valence-corrected chi connectivity index (χ3v) is 0.762. The first kappa shape index (κ1) is 4.30. The molecule has 0 aliphatic carbocycles. The molecule has 0 spiro atoms. The van der Waals surface area contributed by atoms with Gasteiger partial charge in [0.05, 0.1) is 6.54 Å². The minimum absolute atomic E-state index is 0.788. The van der Waals surface area contributed by atoms with Crippen LogP contribution < -0.4 is 5.43 Å².